The summed E-state index contributed by atoms with van der Waals surface area (Å²) in [7, 11) is 3.05. The lowest BCUT2D eigenvalue weighted by Crippen LogP contribution is -2.57. The van der Waals surface area contributed by atoms with Crippen molar-refractivity contribution < 1.29 is 19.1 Å². The SMILES string of the molecule is COc1cc(OC)cc(C(=O)N2CCN(c3ccccc3Cl)C(=O)C2C)c1. The van der Waals surface area contributed by atoms with Crippen molar-refractivity contribution >= 4 is 29.1 Å². The average Bonchev–Trinajstić information content (AvgIpc) is 2.69. The molecule has 1 aliphatic rings. The molecule has 0 bridgehead atoms. The Morgan fingerprint density at radius 2 is 1.70 bits per heavy atom. The van der Waals surface area contributed by atoms with E-state index in [-0.39, 0.29) is 11.8 Å². The van der Waals surface area contributed by atoms with Gasteiger partial charge in [0.15, 0.2) is 0 Å². The molecule has 0 aliphatic carbocycles. The summed E-state index contributed by atoms with van der Waals surface area (Å²) in [4.78, 5) is 29.1. The van der Waals surface area contributed by atoms with Crippen LogP contribution in [0, 0.1) is 0 Å². The molecule has 1 heterocycles. The second-order valence-corrected chi connectivity index (χ2v) is 6.62. The Morgan fingerprint density at radius 1 is 1.07 bits per heavy atom. The highest BCUT2D eigenvalue weighted by atomic mass is 35.5. The first kappa shape index (κ1) is 19.0. The van der Waals surface area contributed by atoms with Crippen molar-refractivity contribution in [3.8, 4) is 11.5 Å². The predicted molar refractivity (Wildman–Crippen MR) is 104 cm³/mol. The molecular weight excluding hydrogens is 368 g/mol. The van der Waals surface area contributed by atoms with E-state index in [2.05, 4.69) is 0 Å². The third-order valence-corrected chi connectivity index (χ3v) is 4.98. The van der Waals surface area contributed by atoms with Crippen LogP contribution in [0.2, 0.25) is 5.02 Å². The van der Waals surface area contributed by atoms with Gasteiger partial charge in [0.2, 0.25) is 5.91 Å². The molecule has 1 aliphatic heterocycles. The molecule has 1 fully saturated rings. The number of benzene rings is 2. The Kier molecular flexibility index (Phi) is 5.56. The Bertz CT molecular complexity index is 849. The molecule has 142 valence electrons. The lowest BCUT2D eigenvalue weighted by molar-refractivity contribution is -0.124. The number of carbonyl (C=O) groups excluding carboxylic acids is 2. The van der Waals surface area contributed by atoms with E-state index in [1.807, 2.05) is 12.1 Å². The number of piperazine rings is 1. The third-order valence-electron chi connectivity index (χ3n) is 4.66. The topological polar surface area (TPSA) is 59.1 Å². The maximum Gasteiger partial charge on any atom is 0.254 e. The van der Waals surface area contributed by atoms with Crippen molar-refractivity contribution in [2.45, 2.75) is 13.0 Å². The van der Waals surface area contributed by atoms with Gasteiger partial charge in [-0.05, 0) is 31.2 Å². The molecule has 0 spiro atoms. The van der Waals surface area contributed by atoms with Crippen LogP contribution >= 0.6 is 11.6 Å². The van der Waals surface area contributed by atoms with Crippen molar-refractivity contribution in [3.63, 3.8) is 0 Å². The van der Waals surface area contributed by atoms with E-state index in [1.165, 1.54) is 14.2 Å². The zero-order valence-electron chi connectivity index (χ0n) is 15.4. The van der Waals surface area contributed by atoms with Gasteiger partial charge in [-0.3, -0.25) is 9.59 Å². The van der Waals surface area contributed by atoms with Crippen LogP contribution < -0.4 is 14.4 Å². The molecule has 0 N–H and O–H groups in total. The van der Waals surface area contributed by atoms with Gasteiger partial charge in [0, 0.05) is 24.7 Å². The van der Waals surface area contributed by atoms with Gasteiger partial charge in [0.25, 0.3) is 5.91 Å². The van der Waals surface area contributed by atoms with Crippen LogP contribution in [0.3, 0.4) is 0 Å². The van der Waals surface area contributed by atoms with Crippen LogP contribution in [-0.2, 0) is 4.79 Å². The molecule has 2 aromatic rings. The van der Waals surface area contributed by atoms with Gasteiger partial charge in [-0.25, -0.2) is 0 Å². The second kappa shape index (κ2) is 7.88. The smallest absolute Gasteiger partial charge is 0.254 e. The van der Waals surface area contributed by atoms with Crippen LogP contribution in [0.5, 0.6) is 11.5 Å². The Labute approximate surface area is 163 Å². The summed E-state index contributed by atoms with van der Waals surface area (Å²) in [6.07, 6.45) is 0. The number of hydrogen-bond acceptors (Lipinski definition) is 4. The number of anilines is 1. The number of para-hydroxylation sites is 1. The molecule has 2 amide bonds. The van der Waals surface area contributed by atoms with Crippen molar-refractivity contribution in [2.75, 3.05) is 32.2 Å². The fourth-order valence-corrected chi connectivity index (χ4v) is 3.39. The number of rotatable bonds is 4. The standard InChI is InChI=1S/C20H21ClN2O4/c1-13-19(24)23(18-7-5-4-6-17(18)21)9-8-22(13)20(25)14-10-15(26-2)12-16(11-14)27-3/h4-7,10-13H,8-9H2,1-3H3. The summed E-state index contributed by atoms with van der Waals surface area (Å²) in [6.45, 7) is 2.50. The largest absolute Gasteiger partial charge is 0.497 e. The number of amides is 2. The fourth-order valence-electron chi connectivity index (χ4n) is 3.15. The predicted octanol–water partition coefficient (Wildman–Crippen LogP) is 3.23. The van der Waals surface area contributed by atoms with E-state index < -0.39 is 6.04 Å². The first-order valence-electron chi connectivity index (χ1n) is 8.56. The van der Waals surface area contributed by atoms with Crippen LogP contribution in [0.15, 0.2) is 42.5 Å². The molecule has 1 unspecified atom stereocenters. The number of hydrogen-bond donors (Lipinski definition) is 0. The molecule has 1 atom stereocenters. The van der Waals surface area contributed by atoms with E-state index in [0.717, 1.165) is 0 Å². The van der Waals surface area contributed by atoms with Crippen molar-refractivity contribution in [2.24, 2.45) is 0 Å². The van der Waals surface area contributed by atoms with Crippen LogP contribution in [0.4, 0.5) is 5.69 Å². The van der Waals surface area contributed by atoms with Gasteiger partial charge < -0.3 is 19.3 Å². The fraction of sp³-hybridized carbons (Fsp3) is 0.300. The molecule has 0 aromatic heterocycles. The minimum absolute atomic E-state index is 0.169. The van der Waals surface area contributed by atoms with Crippen LogP contribution in [-0.4, -0.2) is 50.1 Å². The molecule has 3 rings (SSSR count). The summed E-state index contributed by atoms with van der Waals surface area (Å²) >= 11 is 6.23. The molecule has 7 heteroatoms. The lowest BCUT2D eigenvalue weighted by Gasteiger charge is -2.39. The van der Waals surface area contributed by atoms with E-state index in [0.29, 0.717) is 40.9 Å². The van der Waals surface area contributed by atoms with Crippen molar-refractivity contribution in [1.82, 2.24) is 4.90 Å². The third kappa shape index (κ3) is 3.71. The number of ether oxygens (including phenoxy) is 2. The van der Waals surface area contributed by atoms with E-state index >= 15 is 0 Å². The highest BCUT2D eigenvalue weighted by Crippen LogP contribution is 2.29. The molecule has 1 saturated heterocycles. The first-order valence-corrected chi connectivity index (χ1v) is 8.94. The quantitative estimate of drug-likeness (QED) is 0.806. The van der Waals surface area contributed by atoms with Gasteiger partial charge in [-0.15, -0.1) is 0 Å². The number of halogens is 1. The maximum absolute atomic E-state index is 13.0. The van der Waals surface area contributed by atoms with Crippen LogP contribution in [0.25, 0.3) is 0 Å². The number of methoxy groups -OCH3 is 2. The highest BCUT2D eigenvalue weighted by Gasteiger charge is 2.36. The minimum atomic E-state index is -0.611. The van der Waals surface area contributed by atoms with Crippen molar-refractivity contribution in [3.05, 3.63) is 53.1 Å². The monoisotopic (exact) mass is 388 g/mol. The Morgan fingerprint density at radius 3 is 2.30 bits per heavy atom. The van der Waals surface area contributed by atoms with Gasteiger partial charge >= 0.3 is 0 Å². The van der Waals surface area contributed by atoms with E-state index in [4.69, 9.17) is 21.1 Å². The molecule has 0 radical (unpaired) electrons. The average molecular weight is 389 g/mol. The summed E-state index contributed by atoms with van der Waals surface area (Å²) in [5.74, 6) is 0.627. The van der Waals surface area contributed by atoms with Crippen molar-refractivity contribution in [1.29, 1.82) is 0 Å². The Balaban J connectivity index is 1.85. The highest BCUT2D eigenvalue weighted by molar-refractivity contribution is 6.33. The van der Waals surface area contributed by atoms with Gasteiger partial charge in [-0.1, -0.05) is 23.7 Å². The summed E-state index contributed by atoms with van der Waals surface area (Å²) in [5, 5.41) is 0.510. The summed E-state index contributed by atoms with van der Waals surface area (Å²) < 4.78 is 10.5. The summed E-state index contributed by atoms with van der Waals surface area (Å²) in [5.41, 5.74) is 1.07. The van der Waals surface area contributed by atoms with Gasteiger partial charge in [0.05, 0.1) is 24.9 Å². The van der Waals surface area contributed by atoms with Crippen LogP contribution in [0.1, 0.15) is 17.3 Å². The van der Waals surface area contributed by atoms with E-state index in [9.17, 15) is 9.59 Å². The minimum Gasteiger partial charge on any atom is -0.497 e. The zero-order valence-corrected chi connectivity index (χ0v) is 16.2. The van der Waals surface area contributed by atoms with Gasteiger partial charge in [0.1, 0.15) is 17.5 Å². The Hall–Kier alpha value is -2.73. The molecular formula is C20H21ClN2O4. The maximum atomic E-state index is 13.0. The summed E-state index contributed by atoms with van der Waals surface area (Å²) in [6, 6.07) is 11.6. The molecule has 6 nitrogen and oxygen atoms in total. The van der Waals surface area contributed by atoms with E-state index in [1.54, 1.807) is 47.1 Å². The number of nitrogens with zero attached hydrogens (tertiary/aromatic N) is 2. The molecule has 2 aromatic carbocycles. The molecule has 0 saturated carbocycles. The lowest BCUT2D eigenvalue weighted by atomic mass is 10.1. The molecule has 27 heavy (non-hydrogen) atoms. The van der Waals surface area contributed by atoms with Gasteiger partial charge in [-0.2, -0.15) is 0 Å². The number of carbonyl (C=O) groups is 2. The normalized spacial score (nSPS) is 17.0. The zero-order chi connectivity index (χ0) is 19.6. The first-order chi connectivity index (χ1) is 13.0. The second-order valence-electron chi connectivity index (χ2n) is 6.22.